The minimum atomic E-state index is 0.523. The van der Waals surface area contributed by atoms with Crippen LogP contribution in [0.1, 0.15) is 41.0 Å². The van der Waals surface area contributed by atoms with E-state index in [1.165, 1.54) is 13.7 Å². The Kier molecular flexibility index (Phi) is 4.21. The predicted octanol–water partition coefficient (Wildman–Crippen LogP) is 3.35. The average Bonchev–Trinajstić information content (AvgIpc) is 1.86. The molecule has 1 atom stereocenters. The number of hydrogen-bond acceptors (Lipinski definition) is 0. The van der Waals surface area contributed by atoms with Gasteiger partial charge in [-0.25, -0.2) is 0 Å². The fraction of sp³-hybridized carbons (Fsp3) is 1.00. The molecule has 0 aliphatic heterocycles. The van der Waals surface area contributed by atoms with Gasteiger partial charge in [0.2, 0.25) is 0 Å². The minimum Gasteiger partial charge on any atom is -0.0891 e. The molecule has 0 fully saturated rings. The average molecular weight is 154 g/mol. The van der Waals surface area contributed by atoms with Crippen molar-refractivity contribution < 1.29 is 0 Å². The molecule has 0 nitrogen and oxygen atoms in total. The van der Waals surface area contributed by atoms with Crippen LogP contribution in [-0.4, -0.2) is 7.28 Å². The molecule has 0 aromatic rings. The summed E-state index contributed by atoms with van der Waals surface area (Å²) in [5, 5.41) is 0. The maximum absolute atomic E-state index is 2.38. The summed E-state index contributed by atoms with van der Waals surface area (Å²) in [5.74, 6) is 1.68. The van der Waals surface area contributed by atoms with Gasteiger partial charge in [-0.15, -0.1) is 0 Å². The SMILES string of the molecule is CBC(C)CC(C)(C)C(C)C. The second-order valence-electron chi connectivity index (χ2n) is 4.86. The Labute approximate surface area is 73.0 Å². The van der Waals surface area contributed by atoms with E-state index in [4.69, 9.17) is 0 Å². The smallest absolute Gasteiger partial charge is 0.0891 e. The highest BCUT2D eigenvalue weighted by atomic mass is 14.3. The summed E-state index contributed by atoms with van der Waals surface area (Å²) in [6.07, 6.45) is 1.36. The molecule has 0 aromatic heterocycles. The quantitative estimate of drug-likeness (QED) is 0.544. The highest BCUT2D eigenvalue weighted by molar-refractivity contribution is 6.35. The van der Waals surface area contributed by atoms with Gasteiger partial charge in [-0.1, -0.05) is 53.7 Å². The molecule has 0 radical (unpaired) electrons. The van der Waals surface area contributed by atoms with Gasteiger partial charge in [-0.2, -0.15) is 0 Å². The third-order valence-electron chi connectivity index (χ3n) is 3.13. The van der Waals surface area contributed by atoms with Crippen LogP contribution in [0.15, 0.2) is 0 Å². The molecule has 0 saturated heterocycles. The molecule has 1 heteroatoms. The monoisotopic (exact) mass is 154 g/mol. The van der Waals surface area contributed by atoms with Gasteiger partial charge < -0.3 is 0 Å². The maximum Gasteiger partial charge on any atom is 0.120 e. The summed E-state index contributed by atoms with van der Waals surface area (Å²) >= 11 is 0. The van der Waals surface area contributed by atoms with Gasteiger partial charge in [0, 0.05) is 0 Å². The lowest BCUT2D eigenvalue weighted by Gasteiger charge is -2.31. The van der Waals surface area contributed by atoms with Gasteiger partial charge in [-0.05, 0) is 11.3 Å². The Balaban J connectivity index is 3.90. The molecule has 0 rings (SSSR count). The Hall–Kier alpha value is 0.0649. The predicted molar refractivity (Wildman–Crippen MR) is 55.7 cm³/mol. The van der Waals surface area contributed by atoms with E-state index in [2.05, 4.69) is 41.4 Å². The standard InChI is InChI=1S/C10H23B/c1-8(2)10(4,5)7-9(3)11-6/h8-9,11H,7H2,1-6H3. The van der Waals surface area contributed by atoms with E-state index >= 15 is 0 Å². The van der Waals surface area contributed by atoms with Crippen molar-refractivity contribution >= 4 is 7.28 Å². The number of rotatable bonds is 4. The summed E-state index contributed by atoms with van der Waals surface area (Å²) in [7, 11) is 1.32. The third-order valence-corrected chi connectivity index (χ3v) is 3.13. The topological polar surface area (TPSA) is 0 Å². The van der Waals surface area contributed by atoms with Crippen LogP contribution in [0, 0.1) is 11.3 Å². The molecule has 1 unspecified atom stereocenters. The highest BCUT2D eigenvalue weighted by Crippen LogP contribution is 2.34. The summed E-state index contributed by atoms with van der Waals surface area (Å²) in [6.45, 7) is 14.0. The lowest BCUT2D eigenvalue weighted by Crippen LogP contribution is -2.21. The van der Waals surface area contributed by atoms with Crippen molar-refractivity contribution in [1.82, 2.24) is 0 Å². The molecule has 0 N–H and O–H groups in total. The molecule has 0 aromatic carbocycles. The molecule has 11 heavy (non-hydrogen) atoms. The zero-order chi connectivity index (χ0) is 9.07. The van der Waals surface area contributed by atoms with Gasteiger partial charge in [0.05, 0.1) is 0 Å². The fourth-order valence-corrected chi connectivity index (χ4v) is 1.28. The normalized spacial score (nSPS) is 15.2. The number of hydrogen-bond donors (Lipinski definition) is 0. The summed E-state index contributed by atoms with van der Waals surface area (Å²) in [6, 6.07) is 0. The molecular formula is C10H23B. The van der Waals surface area contributed by atoms with E-state index in [9.17, 15) is 0 Å². The molecule has 0 saturated carbocycles. The summed E-state index contributed by atoms with van der Waals surface area (Å²) in [5.41, 5.74) is 0.523. The van der Waals surface area contributed by atoms with Crippen LogP contribution >= 0.6 is 0 Å². The molecule has 66 valence electrons. The van der Waals surface area contributed by atoms with Crippen molar-refractivity contribution in [3.63, 3.8) is 0 Å². The van der Waals surface area contributed by atoms with Crippen LogP contribution in [0.3, 0.4) is 0 Å². The van der Waals surface area contributed by atoms with Crippen molar-refractivity contribution in [3.05, 3.63) is 0 Å². The summed E-state index contributed by atoms with van der Waals surface area (Å²) < 4.78 is 0. The Morgan fingerprint density at radius 1 is 1.18 bits per heavy atom. The van der Waals surface area contributed by atoms with Crippen LogP contribution < -0.4 is 0 Å². The molecule has 0 bridgehead atoms. The zero-order valence-electron chi connectivity index (χ0n) is 9.07. The van der Waals surface area contributed by atoms with Crippen molar-refractivity contribution in [2.45, 2.75) is 53.7 Å². The van der Waals surface area contributed by atoms with Crippen molar-refractivity contribution in [1.29, 1.82) is 0 Å². The van der Waals surface area contributed by atoms with Gasteiger partial charge in [0.1, 0.15) is 7.28 Å². The van der Waals surface area contributed by atoms with E-state index in [0.717, 1.165) is 11.7 Å². The lowest BCUT2D eigenvalue weighted by molar-refractivity contribution is 0.227. The molecular weight excluding hydrogens is 131 g/mol. The van der Waals surface area contributed by atoms with Crippen LogP contribution in [0.4, 0.5) is 0 Å². The van der Waals surface area contributed by atoms with E-state index < -0.39 is 0 Å². The van der Waals surface area contributed by atoms with E-state index in [1.807, 2.05) is 0 Å². The van der Waals surface area contributed by atoms with Crippen molar-refractivity contribution in [2.24, 2.45) is 11.3 Å². The molecule has 0 spiro atoms. The Morgan fingerprint density at radius 2 is 1.64 bits per heavy atom. The first-order valence-electron chi connectivity index (χ1n) is 4.90. The lowest BCUT2D eigenvalue weighted by atomic mass is 9.60. The maximum atomic E-state index is 2.38. The first-order chi connectivity index (χ1) is 4.90. The fourth-order valence-electron chi connectivity index (χ4n) is 1.28. The van der Waals surface area contributed by atoms with Gasteiger partial charge >= 0.3 is 0 Å². The molecule has 0 heterocycles. The van der Waals surface area contributed by atoms with E-state index in [0.29, 0.717) is 5.41 Å². The highest BCUT2D eigenvalue weighted by Gasteiger charge is 2.23. The largest absolute Gasteiger partial charge is 0.120 e. The van der Waals surface area contributed by atoms with Crippen molar-refractivity contribution in [3.8, 4) is 0 Å². The van der Waals surface area contributed by atoms with Crippen LogP contribution in [0.5, 0.6) is 0 Å². The van der Waals surface area contributed by atoms with Crippen molar-refractivity contribution in [2.75, 3.05) is 0 Å². The Morgan fingerprint density at radius 3 is 1.91 bits per heavy atom. The molecule has 0 amide bonds. The van der Waals surface area contributed by atoms with E-state index in [1.54, 1.807) is 0 Å². The Bertz CT molecular complexity index is 105. The van der Waals surface area contributed by atoms with Gasteiger partial charge in [-0.3, -0.25) is 0 Å². The van der Waals surface area contributed by atoms with E-state index in [-0.39, 0.29) is 0 Å². The minimum absolute atomic E-state index is 0.523. The first kappa shape index (κ1) is 11.1. The second kappa shape index (κ2) is 4.18. The summed E-state index contributed by atoms with van der Waals surface area (Å²) in [4.78, 5) is 0. The van der Waals surface area contributed by atoms with Gasteiger partial charge in [0.25, 0.3) is 0 Å². The van der Waals surface area contributed by atoms with Crippen LogP contribution in [0.25, 0.3) is 0 Å². The third kappa shape index (κ3) is 3.84. The first-order valence-corrected chi connectivity index (χ1v) is 4.90. The second-order valence-corrected chi connectivity index (χ2v) is 4.86. The molecule has 0 aliphatic carbocycles. The van der Waals surface area contributed by atoms with Crippen LogP contribution in [0.2, 0.25) is 12.6 Å². The molecule has 0 aliphatic rings. The van der Waals surface area contributed by atoms with Crippen LogP contribution in [-0.2, 0) is 0 Å². The van der Waals surface area contributed by atoms with Gasteiger partial charge in [0.15, 0.2) is 0 Å². The zero-order valence-corrected chi connectivity index (χ0v) is 9.07.